The number of fused-ring (bicyclic) bond motifs is 1. The van der Waals surface area contributed by atoms with E-state index in [1.165, 1.54) is 0 Å². The molecule has 0 amide bonds. The predicted octanol–water partition coefficient (Wildman–Crippen LogP) is 3.23. The van der Waals surface area contributed by atoms with Crippen molar-refractivity contribution in [1.29, 1.82) is 0 Å². The van der Waals surface area contributed by atoms with Crippen LogP contribution in [0.1, 0.15) is 16.8 Å². The van der Waals surface area contributed by atoms with E-state index < -0.39 is 43.3 Å². The average Bonchev–Trinajstić information content (AvgIpc) is 2.36. The van der Waals surface area contributed by atoms with Gasteiger partial charge >= 0.3 is 6.36 Å². The van der Waals surface area contributed by atoms with E-state index in [9.17, 15) is 26.7 Å². The molecule has 1 aliphatic rings. The molecular weight excluding hydrogens is 287 g/mol. The van der Waals surface area contributed by atoms with Crippen LogP contribution in [-0.4, -0.2) is 31.1 Å². The summed E-state index contributed by atoms with van der Waals surface area (Å²) in [6.45, 7) is -2.53. The standard InChI is InChI=1S/C12H9F5O3/c13-5-11(6-14)4-9(18)8-2-1-7(3-10(8)20-11)19-12(15,16)17/h1-3H,4-6H2. The van der Waals surface area contributed by atoms with E-state index in [0.717, 1.165) is 18.2 Å². The van der Waals surface area contributed by atoms with Gasteiger partial charge in [-0.25, -0.2) is 8.78 Å². The zero-order valence-corrected chi connectivity index (χ0v) is 9.97. The van der Waals surface area contributed by atoms with Crippen molar-refractivity contribution in [2.24, 2.45) is 0 Å². The van der Waals surface area contributed by atoms with Gasteiger partial charge in [-0.2, -0.15) is 0 Å². The molecule has 0 unspecified atom stereocenters. The van der Waals surface area contributed by atoms with Gasteiger partial charge in [0.2, 0.25) is 0 Å². The van der Waals surface area contributed by atoms with E-state index in [-0.39, 0.29) is 11.3 Å². The lowest BCUT2D eigenvalue weighted by atomic mass is 9.92. The first kappa shape index (κ1) is 14.5. The van der Waals surface area contributed by atoms with E-state index in [2.05, 4.69) is 4.74 Å². The topological polar surface area (TPSA) is 35.5 Å². The zero-order chi connectivity index (χ0) is 15.0. The fourth-order valence-corrected chi connectivity index (χ4v) is 1.86. The summed E-state index contributed by atoms with van der Waals surface area (Å²) in [6, 6.07) is 2.80. The van der Waals surface area contributed by atoms with Crippen LogP contribution >= 0.6 is 0 Å². The molecule has 0 spiro atoms. The van der Waals surface area contributed by atoms with Crippen LogP contribution in [-0.2, 0) is 0 Å². The normalized spacial score (nSPS) is 17.4. The van der Waals surface area contributed by atoms with Crippen LogP contribution in [0.2, 0.25) is 0 Å². The second-order valence-corrected chi connectivity index (χ2v) is 4.36. The van der Waals surface area contributed by atoms with Crippen molar-refractivity contribution in [2.75, 3.05) is 13.3 Å². The number of rotatable bonds is 3. The molecule has 0 aliphatic carbocycles. The molecule has 0 radical (unpaired) electrons. The third kappa shape index (κ3) is 2.83. The third-order valence-corrected chi connectivity index (χ3v) is 2.78. The van der Waals surface area contributed by atoms with Crippen LogP contribution < -0.4 is 9.47 Å². The Balaban J connectivity index is 2.36. The number of halogens is 5. The molecule has 0 N–H and O–H groups in total. The van der Waals surface area contributed by atoms with Gasteiger partial charge in [0.25, 0.3) is 0 Å². The number of alkyl halides is 5. The number of carbonyl (C=O) groups excluding carboxylic acids is 1. The van der Waals surface area contributed by atoms with E-state index in [1.54, 1.807) is 0 Å². The van der Waals surface area contributed by atoms with Gasteiger partial charge in [0.15, 0.2) is 11.4 Å². The van der Waals surface area contributed by atoms with Crippen molar-refractivity contribution in [2.45, 2.75) is 18.4 Å². The number of ether oxygens (including phenoxy) is 2. The molecular formula is C12H9F5O3. The van der Waals surface area contributed by atoms with E-state index in [4.69, 9.17) is 4.74 Å². The molecule has 0 atom stereocenters. The Morgan fingerprint density at radius 2 is 1.90 bits per heavy atom. The van der Waals surface area contributed by atoms with Gasteiger partial charge in [-0.15, -0.1) is 13.2 Å². The highest BCUT2D eigenvalue weighted by Gasteiger charge is 2.41. The highest BCUT2D eigenvalue weighted by atomic mass is 19.4. The van der Waals surface area contributed by atoms with Crippen molar-refractivity contribution < 1.29 is 36.2 Å². The molecule has 110 valence electrons. The molecule has 0 aromatic heterocycles. The maximum atomic E-state index is 12.8. The predicted molar refractivity (Wildman–Crippen MR) is 57.4 cm³/mol. The Kier molecular flexibility index (Phi) is 3.58. The lowest BCUT2D eigenvalue weighted by molar-refractivity contribution is -0.274. The molecule has 0 bridgehead atoms. The first-order chi connectivity index (χ1) is 9.28. The summed E-state index contributed by atoms with van der Waals surface area (Å²) in [5.74, 6) is -1.55. The lowest BCUT2D eigenvalue weighted by Gasteiger charge is -2.33. The average molecular weight is 296 g/mol. The van der Waals surface area contributed by atoms with E-state index in [1.807, 2.05) is 0 Å². The molecule has 1 aromatic rings. The number of hydrogen-bond acceptors (Lipinski definition) is 3. The van der Waals surface area contributed by atoms with Crippen molar-refractivity contribution in [1.82, 2.24) is 0 Å². The summed E-state index contributed by atoms with van der Waals surface area (Å²) in [7, 11) is 0. The summed E-state index contributed by atoms with van der Waals surface area (Å²) in [5, 5.41) is 0. The Labute approximate surface area is 110 Å². The molecule has 3 nitrogen and oxygen atoms in total. The van der Waals surface area contributed by atoms with Crippen LogP contribution in [0.3, 0.4) is 0 Å². The number of hydrogen-bond donors (Lipinski definition) is 0. The van der Waals surface area contributed by atoms with Crippen molar-refractivity contribution in [3.8, 4) is 11.5 Å². The quantitative estimate of drug-likeness (QED) is 0.803. The highest BCUT2D eigenvalue weighted by molar-refractivity contribution is 6.00. The first-order valence-corrected chi connectivity index (χ1v) is 5.52. The molecule has 2 rings (SSSR count). The fourth-order valence-electron chi connectivity index (χ4n) is 1.86. The van der Waals surface area contributed by atoms with Gasteiger partial charge in [-0.1, -0.05) is 0 Å². The van der Waals surface area contributed by atoms with Crippen molar-refractivity contribution >= 4 is 5.78 Å². The minimum Gasteiger partial charge on any atom is -0.480 e. The van der Waals surface area contributed by atoms with Gasteiger partial charge in [0, 0.05) is 6.07 Å². The van der Waals surface area contributed by atoms with Crippen LogP contribution in [0, 0.1) is 0 Å². The number of Topliss-reactive ketones (excluding diaryl/α,β-unsaturated/α-hetero) is 1. The van der Waals surface area contributed by atoms with Crippen LogP contribution in [0.4, 0.5) is 22.0 Å². The number of benzene rings is 1. The van der Waals surface area contributed by atoms with Crippen molar-refractivity contribution in [3.63, 3.8) is 0 Å². The molecule has 1 aliphatic heterocycles. The maximum absolute atomic E-state index is 12.8. The van der Waals surface area contributed by atoms with Gasteiger partial charge in [0.05, 0.1) is 12.0 Å². The summed E-state index contributed by atoms with van der Waals surface area (Å²) in [5.41, 5.74) is -2.00. The monoisotopic (exact) mass is 296 g/mol. The minimum absolute atomic E-state index is 0.0305. The Bertz CT molecular complexity index is 522. The summed E-state index contributed by atoms with van der Waals surface area (Å²) in [6.07, 6.45) is -5.42. The molecule has 0 fully saturated rings. The van der Waals surface area contributed by atoms with Crippen LogP contribution in [0.5, 0.6) is 11.5 Å². The third-order valence-electron chi connectivity index (χ3n) is 2.78. The lowest BCUT2D eigenvalue weighted by Crippen LogP contribution is -2.46. The van der Waals surface area contributed by atoms with E-state index in [0.29, 0.717) is 0 Å². The highest BCUT2D eigenvalue weighted by Crippen LogP contribution is 2.37. The number of ketones is 1. The molecule has 0 saturated carbocycles. The smallest absolute Gasteiger partial charge is 0.480 e. The molecule has 0 saturated heterocycles. The second-order valence-electron chi connectivity index (χ2n) is 4.36. The maximum Gasteiger partial charge on any atom is 0.573 e. The molecule has 20 heavy (non-hydrogen) atoms. The van der Waals surface area contributed by atoms with Gasteiger partial charge < -0.3 is 9.47 Å². The SMILES string of the molecule is O=C1CC(CF)(CF)Oc2cc(OC(F)(F)F)ccc21. The van der Waals surface area contributed by atoms with Crippen LogP contribution in [0.25, 0.3) is 0 Å². The number of carbonyl (C=O) groups is 1. The van der Waals surface area contributed by atoms with Gasteiger partial charge in [0.1, 0.15) is 24.8 Å². The molecule has 8 heteroatoms. The van der Waals surface area contributed by atoms with Crippen molar-refractivity contribution in [3.05, 3.63) is 23.8 Å². The second kappa shape index (κ2) is 4.92. The fraction of sp³-hybridized carbons (Fsp3) is 0.417. The van der Waals surface area contributed by atoms with Gasteiger partial charge in [-0.05, 0) is 12.1 Å². The minimum atomic E-state index is -4.91. The summed E-state index contributed by atoms with van der Waals surface area (Å²) in [4.78, 5) is 11.7. The Morgan fingerprint density at radius 1 is 1.25 bits per heavy atom. The first-order valence-electron chi connectivity index (χ1n) is 5.52. The molecule has 1 heterocycles. The Hall–Kier alpha value is -1.86. The van der Waals surface area contributed by atoms with Gasteiger partial charge in [-0.3, -0.25) is 4.79 Å². The largest absolute Gasteiger partial charge is 0.573 e. The zero-order valence-electron chi connectivity index (χ0n) is 9.97. The van der Waals surface area contributed by atoms with E-state index >= 15 is 0 Å². The Morgan fingerprint density at radius 3 is 2.45 bits per heavy atom. The molecule has 1 aromatic carbocycles. The van der Waals surface area contributed by atoms with Crippen LogP contribution in [0.15, 0.2) is 18.2 Å². The summed E-state index contributed by atoms with van der Waals surface area (Å²) >= 11 is 0. The summed E-state index contributed by atoms with van der Waals surface area (Å²) < 4.78 is 70.6.